The predicted molar refractivity (Wildman–Crippen MR) is 59.2 cm³/mol. The van der Waals surface area contributed by atoms with Crippen molar-refractivity contribution in [3.05, 3.63) is 0 Å². The summed E-state index contributed by atoms with van der Waals surface area (Å²) in [5.74, 6) is 0.657. The summed E-state index contributed by atoms with van der Waals surface area (Å²) in [6.45, 7) is 7.10. The molecule has 0 aromatic carbocycles. The SMILES string of the molecule is CCCCCOC(=O)CCCC(C)C. The zero-order valence-electron chi connectivity index (χ0n) is 9.84. The van der Waals surface area contributed by atoms with Crippen molar-refractivity contribution in [2.45, 2.75) is 59.3 Å². The minimum atomic E-state index is -0.0262. The zero-order valence-corrected chi connectivity index (χ0v) is 9.84. The van der Waals surface area contributed by atoms with Gasteiger partial charge in [-0.15, -0.1) is 0 Å². The van der Waals surface area contributed by atoms with E-state index in [9.17, 15) is 4.79 Å². The van der Waals surface area contributed by atoms with Crippen LogP contribution in [-0.4, -0.2) is 12.6 Å². The summed E-state index contributed by atoms with van der Waals surface area (Å²) < 4.78 is 5.09. The Labute approximate surface area is 88.0 Å². The highest BCUT2D eigenvalue weighted by Crippen LogP contribution is 2.07. The van der Waals surface area contributed by atoms with Gasteiger partial charge < -0.3 is 4.74 Å². The summed E-state index contributed by atoms with van der Waals surface area (Å²) in [4.78, 5) is 11.2. The molecule has 0 rings (SSSR count). The van der Waals surface area contributed by atoms with Crippen LogP contribution in [0, 0.1) is 5.92 Å². The highest BCUT2D eigenvalue weighted by Gasteiger charge is 2.02. The molecule has 0 atom stereocenters. The molecule has 0 saturated carbocycles. The number of hydrogen-bond acceptors (Lipinski definition) is 2. The van der Waals surface area contributed by atoms with Gasteiger partial charge in [0.25, 0.3) is 0 Å². The molecule has 0 fully saturated rings. The Morgan fingerprint density at radius 3 is 2.50 bits per heavy atom. The molecule has 0 amide bonds. The number of rotatable bonds is 8. The third-order valence-corrected chi connectivity index (χ3v) is 2.17. The van der Waals surface area contributed by atoms with Gasteiger partial charge in [0.1, 0.15) is 0 Å². The van der Waals surface area contributed by atoms with Crippen molar-refractivity contribution in [2.75, 3.05) is 6.61 Å². The topological polar surface area (TPSA) is 26.3 Å². The van der Waals surface area contributed by atoms with Crippen LogP contribution in [0.15, 0.2) is 0 Å². The summed E-state index contributed by atoms with van der Waals surface area (Å²) in [5, 5.41) is 0. The van der Waals surface area contributed by atoms with Gasteiger partial charge in [0.15, 0.2) is 0 Å². The second-order valence-corrected chi connectivity index (χ2v) is 4.21. The first-order chi connectivity index (χ1) is 6.66. The molecule has 0 aliphatic heterocycles. The molecule has 2 heteroatoms. The van der Waals surface area contributed by atoms with Crippen LogP contribution in [0.3, 0.4) is 0 Å². The molecule has 0 aromatic rings. The van der Waals surface area contributed by atoms with E-state index in [-0.39, 0.29) is 5.97 Å². The quantitative estimate of drug-likeness (QED) is 0.442. The van der Waals surface area contributed by atoms with E-state index in [2.05, 4.69) is 20.8 Å². The summed E-state index contributed by atoms with van der Waals surface area (Å²) in [7, 11) is 0. The highest BCUT2D eigenvalue weighted by atomic mass is 16.5. The molecule has 0 aliphatic carbocycles. The Morgan fingerprint density at radius 2 is 1.93 bits per heavy atom. The molecule has 14 heavy (non-hydrogen) atoms. The Kier molecular flexibility index (Phi) is 8.70. The van der Waals surface area contributed by atoms with E-state index in [1.165, 1.54) is 6.42 Å². The number of hydrogen-bond donors (Lipinski definition) is 0. The standard InChI is InChI=1S/C12H24O2/c1-4-5-6-10-14-12(13)9-7-8-11(2)3/h11H,4-10H2,1-3H3. The van der Waals surface area contributed by atoms with Crippen molar-refractivity contribution in [1.29, 1.82) is 0 Å². The van der Waals surface area contributed by atoms with Crippen LogP contribution >= 0.6 is 0 Å². The van der Waals surface area contributed by atoms with Gasteiger partial charge in [-0.05, 0) is 18.8 Å². The molecular weight excluding hydrogens is 176 g/mol. The molecule has 0 aliphatic rings. The fourth-order valence-electron chi connectivity index (χ4n) is 1.26. The van der Waals surface area contributed by atoms with Gasteiger partial charge in [0, 0.05) is 6.42 Å². The fraction of sp³-hybridized carbons (Fsp3) is 0.917. The Balaban J connectivity index is 3.20. The van der Waals surface area contributed by atoms with E-state index in [1.54, 1.807) is 0 Å². The van der Waals surface area contributed by atoms with Crippen LogP contribution in [0.5, 0.6) is 0 Å². The van der Waals surface area contributed by atoms with E-state index in [4.69, 9.17) is 4.74 Å². The minimum absolute atomic E-state index is 0.0262. The van der Waals surface area contributed by atoms with E-state index >= 15 is 0 Å². The largest absolute Gasteiger partial charge is 0.466 e. The average molecular weight is 200 g/mol. The number of carbonyl (C=O) groups excluding carboxylic acids is 1. The average Bonchev–Trinajstić information content (AvgIpc) is 2.12. The van der Waals surface area contributed by atoms with Crippen molar-refractivity contribution in [3.8, 4) is 0 Å². The number of unbranched alkanes of at least 4 members (excludes halogenated alkanes) is 2. The maximum Gasteiger partial charge on any atom is 0.305 e. The third-order valence-electron chi connectivity index (χ3n) is 2.17. The van der Waals surface area contributed by atoms with Gasteiger partial charge in [-0.2, -0.15) is 0 Å². The van der Waals surface area contributed by atoms with Gasteiger partial charge in [0.2, 0.25) is 0 Å². The van der Waals surface area contributed by atoms with Gasteiger partial charge in [-0.3, -0.25) is 4.79 Å². The highest BCUT2D eigenvalue weighted by molar-refractivity contribution is 5.69. The second kappa shape index (κ2) is 9.04. The lowest BCUT2D eigenvalue weighted by Crippen LogP contribution is -2.06. The molecule has 2 nitrogen and oxygen atoms in total. The zero-order chi connectivity index (χ0) is 10.8. The first-order valence-electron chi connectivity index (χ1n) is 5.82. The molecule has 0 heterocycles. The molecule has 0 N–H and O–H groups in total. The lowest BCUT2D eigenvalue weighted by Gasteiger charge is -2.05. The van der Waals surface area contributed by atoms with E-state index in [1.807, 2.05) is 0 Å². The van der Waals surface area contributed by atoms with Crippen LogP contribution in [-0.2, 0) is 9.53 Å². The van der Waals surface area contributed by atoms with Crippen molar-refractivity contribution in [2.24, 2.45) is 5.92 Å². The van der Waals surface area contributed by atoms with Crippen molar-refractivity contribution >= 4 is 5.97 Å². The van der Waals surface area contributed by atoms with Crippen LogP contribution in [0.4, 0.5) is 0 Å². The predicted octanol–water partition coefficient (Wildman–Crippen LogP) is 3.55. The Morgan fingerprint density at radius 1 is 1.21 bits per heavy atom. The van der Waals surface area contributed by atoms with E-state index in [0.29, 0.717) is 18.9 Å². The molecule has 84 valence electrons. The van der Waals surface area contributed by atoms with Gasteiger partial charge in [0.05, 0.1) is 6.61 Å². The van der Waals surface area contributed by atoms with Crippen molar-refractivity contribution in [3.63, 3.8) is 0 Å². The smallest absolute Gasteiger partial charge is 0.305 e. The normalized spacial score (nSPS) is 10.6. The lowest BCUT2D eigenvalue weighted by molar-refractivity contribution is -0.143. The van der Waals surface area contributed by atoms with Crippen molar-refractivity contribution in [1.82, 2.24) is 0 Å². The minimum Gasteiger partial charge on any atom is -0.466 e. The van der Waals surface area contributed by atoms with E-state index in [0.717, 1.165) is 25.7 Å². The summed E-state index contributed by atoms with van der Waals surface area (Å²) >= 11 is 0. The Hall–Kier alpha value is -0.530. The number of esters is 1. The summed E-state index contributed by atoms with van der Waals surface area (Å²) in [5.41, 5.74) is 0. The maximum atomic E-state index is 11.2. The fourth-order valence-corrected chi connectivity index (χ4v) is 1.26. The van der Waals surface area contributed by atoms with Crippen LogP contribution in [0.2, 0.25) is 0 Å². The molecule has 0 saturated heterocycles. The molecule has 0 bridgehead atoms. The van der Waals surface area contributed by atoms with E-state index < -0.39 is 0 Å². The first-order valence-corrected chi connectivity index (χ1v) is 5.82. The molecular formula is C12H24O2. The molecule has 0 unspecified atom stereocenters. The first kappa shape index (κ1) is 13.5. The van der Waals surface area contributed by atoms with Gasteiger partial charge in [-0.1, -0.05) is 40.0 Å². The van der Waals surface area contributed by atoms with Gasteiger partial charge in [-0.25, -0.2) is 0 Å². The third kappa shape index (κ3) is 9.56. The number of carbonyl (C=O) groups is 1. The molecule has 0 aromatic heterocycles. The van der Waals surface area contributed by atoms with Crippen LogP contribution < -0.4 is 0 Å². The van der Waals surface area contributed by atoms with Crippen LogP contribution in [0.1, 0.15) is 59.3 Å². The lowest BCUT2D eigenvalue weighted by atomic mass is 10.1. The Bertz CT molecular complexity index is 141. The monoisotopic (exact) mass is 200 g/mol. The van der Waals surface area contributed by atoms with Crippen LogP contribution in [0.25, 0.3) is 0 Å². The molecule has 0 radical (unpaired) electrons. The number of ether oxygens (including phenoxy) is 1. The van der Waals surface area contributed by atoms with Crippen molar-refractivity contribution < 1.29 is 9.53 Å². The maximum absolute atomic E-state index is 11.2. The van der Waals surface area contributed by atoms with Gasteiger partial charge >= 0.3 is 5.97 Å². The second-order valence-electron chi connectivity index (χ2n) is 4.21. The summed E-state index contributed by atoms with van der Waals surface area (Å²) in [6.07, 6.45) is 6.00. The summed E-state index contributed by atoms with van der Waals surface area (Å²) in [6, 6.07) is 0. The molecule has 0 spiro atoms.